The highest BCUT2D eigenvalue weighted by molar-refractivity contribution is 6.22. The Labute approximate surface area is 155 Å². The number of hydrogen-bond donors (Lipinski definition) is 0. The number of hydrogen-bond acceptors (Lipinski definition) is 4. The standard InChI is InChI=1S/C21H18FNO4/c22-18-8-4-3-7-17(18)21(26)27-14-11-9-13(10-12-14)23-19(24)15-5-1-2-6-16(15)20(23)25/h3-4,7-12,15-16H,1-2,5-6H2/t15-,16+. The van der Waals surface area contributed by atoms with Crippen LogP contribution in [-0.4, -0.2) is 17.8 Å². The van der Waals surface area contributed by atoms with Crippen molar-refractivity contribution < 1.29 is 23.5 Å². The zero-order valence-corrected chi connectivity index (χ0v) is 14.6. The number of imide groups is 1. The van der Waals surface area contributed by atoms with E-state index in [2.05, 4.69) is 0 Å². The molecule has 0 N–H and O–H groups in total. The summed E-state index contributed by atoms with van der Waals surface area (Å²) in [4.78, 5) is 38.5. The van der Waals surface area contributed by atoms with Gasteiger partial charge in [-0.25, -0.2) is 9.18 Å². The van der Waals surface area contributed by atoms with Gasteiger partial charge >= 0.3 is 5.97 Å². The Hall–Kier alpha value is -3.02. The molecular weight excluding hydrogens is 349 g/mol. The van der Waals surface area contributed by atoms with Crippen molar-refractivity contribution >= 4 is 23.5 Å². The van der Waals surface area contributed by atoms with Gasteiger partial charge in [0.1, 0.15) is 11.6 Å². The van der Waals surface area contributed by atoms with Crippen molar-refractivity contribution in [1.82, 2.24) is 0 Å². The van der Waals surface area contributed by atoms with E-state index in [4.69, 9.17) is 4.74 Å². The molecule has 5 nitrogen and oxygen atoms in total. The lowest BCUT2D eigenvalue weighted by atomic mass is 9.81. The molecule has 27 heavy (non-hydrogen) atoms. The van der Waals surface area contributed by atoms with Crippen LogP contribution in [-0.2, 0) is 9.59 Å². The van der Waals surface area contributed by atoms with E-state index in [1.807, 2.05) is 0 Å². The monoisotopic (exact) mass is 367 g/mol. The van der Waals surface area contributed by atoms with E-state index >= 15 is 0 Å². The Morgan fingerprint density at radius 2 is 1.52 bits per heavy atom. The van der Waals surface area contributed by atoms with Crippen molar-refractivity contribution in [2.75, 3.05) is 4.90 Å². The number of esters is 1. The summed E-state index contributed by atoms with van der Waals surface area (Å²) < 4.78 is 18.8. The molecule has 2 fully saturated rings. The number of anilines is 1. The highest BCUT2D eigenvalue weighted by Crippen LogP contribution is 2.40. The van der Waals surface area contributed by atoms with Crippen LogP contribution in [0.1, 0.15) is 36.0 Å². The number of fused-ring (bicyclic) bond motifs is 1. The Morgan fingerprint density at radius 1 is 0.926 bits per heavy atom. The minimum Gasteiger partial charge on any atom is -0.423 e. The van der Waals surface area contributed by atoms with Crippen molar-refractivity contribution in [3.05, 3.63) is 59.9 Å². The number of rotatable bonds is 3. The molecule has 0 radical (unpaired) electrons. The average molecular weight is 367 g/mol. The molecule has 0 unspecified atom stereocenters. The molecule has 2 aliphatic rings. The molecule has 2 atom stereocenters. The van der Waals surface area contributed by atoms with Gasteiger partial charge in [0, 0.05) is 0 Å². The van der Waals surface area contributed by atoms with Crippen LogP contribution in [0.5, 0.6) is 5.75 Å². The predicted molar refractivity (Wildman–Crippen MR) is 95.7 cm³/mol. The third-order valence-corrected chi connectivity index (χ3v) is 5.24. The molecular formula is C21H18FNO4. The molecule has 2 amide bonds. The van der Waals surface area contributed by atoms with Gasteiger partial charge in [-0.1, -0.05) is 25.0 Å². The molecule has 1 aliphatic carbocycles. The first-order valence-corrected chi connectivity index (χ1v) is 9.01. The van der Waals surface area contributed by atoms with Crippen molar-refractivity contribution in [2.45, 2.75) is 25.7 Å². The zero-order valence-electron chi connectivity index (χ0n) is 14.6. The van der Waals surface area contributed by atoms with Gasteiger partial charge in [0.25, 0.3) is 0 Å². The first kappa shape index (κ1) is 17.4. The van der Waals surface area contributed by atoms with Crippen LogP contribution in [0.15, 0.2) is 48.5 Å². The van der Waals surface area contributed by atoms with Crippen LogP contribution in [0, 0.1) is 17.7 Å². The molecule has 1 aliphatic heterocycles. The third kappa shape index (κ3) is 3.12. The smallest absolute Gasteiger partial charge is 0.346 e. The van der Waals surface area contributed by atoms with E-state index in [0.29, 0.717) is 5.69 Å². The normalized spacial score (nSPS) is 21.9. The fraction of sp³-hybridized carbons (Fsp3) is 0.286. The maximum atomic E-state index is 13.7. The van der Waals surface area contributed by atoms with Gasteiger partial charge in [0.05, 0.1) is 23.1 Å². The van der Waals surface area contributed by atoms with Crippen LogP contribution < -0.4 is 9.64 Å². The van der Waals surface area contributed by atoms with Crippen LogP contribution in [0.25, 0.3) is 0 Å². The second-order valence-electron chi connectivity index (χ2n) is 6.87. The van der Waals surface area contributed by atoms with Crippen molar-refractivity contribution in [2.24, 2.45) is 11.8 Å². The molecule has 1 saturated carbocycles. The molecule has 0 spiro atoms. The summed E-state index contributed by atoms with van der Waals surface area (Å²) in [6.07, 6.45) is 3.45. The Bertz CT molecular complexity index is 885. The second kappa shape index (κ2) is 6.95. The first-order chi connectivity index (χ1) is 13.1. The lowest BCUT2D eigenvalue weighted by molar-refractivity contribution is -0.122. The summed E-state index contributed by atoms with van der Waals surface area (Å²) in [6, 6.07) is 11.7. The number of benzene rings is 2. The van der Waals surface area contributed by atoms with E-state index in [-0.39, 0.29) is 35.0 Å². The molecule has 1 saturated heterocycles. The van der Waals surface area contributed by atoms with Crippen LogP contribution in [0.2, 0.25) is 0 Å². The fourth-order valence-electron chi connectivity index (χ4n) is 3.87. The predicted octanol–water partition coefficient (Wildman–Crippen LogP) is 3.72. The first-order valence-electron chi connectivity index (χ1n) is 9.01. The quantitative estimate of drug-likeness (QED) is 0.471. The topological polar surface area (TPSA) is 63.7 Å². The molecule has 0 aromatic heterocycles. The van der Waals surface area contributed by atoms with E-state index in [1.54, 1.807) is 18.2 Å². The molecule has 2 aromatic rings. The van der Waals surface area contributed by atoms with Gasteiger partial charge in [0.15, 0.2) is 0 Å². The van der Waals surface area contributed by atoms with Gasteiger partial charge in [-0.15, -0.1) is 0 Å². The Kier molecular flexibility index (Phi) is 4.48. The third-order valence-electron chi connectivity index (χ3n) is 5.24. The number of carbonyl (C=O) groups excluding carboxylic acids is 3. The zero-order chi connectivity index (χ0) is 19.0. The minimum atomic E-state index is -0.805. The molecule has 4 rings (SSSR count). The molecule has 1 heterocycles. The molecule has 138 valence electrons. The molecule has 2 aromatic carbocycles. The Morgan fingerprint density at radius 3 is 2.11 bits per heavy atom. The number of nitrogens with zero attached hydrogens (tertiary/aromatic N) is 1. The van der Waals surface area contributed by atoms with Gasteiger partial charge < -0.3 is 4.74 Å². The van der Waals surface area contributed by atoms with Gasteiger partial charge in [-0.05, 0) is 49.2 Å². The summed E-state index contributed by atoms with van der Waals surface area (Å²) in [6.45, 7) is 0. The fourth-order valence-corrected chi connectivity index (χ4v) is 3.87. The number of carbonyl (C=O) groups is 3. The Balaban J connectivity index is 1.51. The highest BCUT2D eigenvalue weighted by Gasteiger charge is 2.48. The van der Waals surface area contributed by atoms with Gasteiger partial charge in [-0.3, -0.25) is 14.5 Å². The van der Waals surface area contributed by atoms with Crippen molar-refractivity contribution in [3.63, 3.8) is 0 Å². The molecule has 6 heteroatoms. The van der Waals surface area contributed by atoms with Crippen molar-refractivity contribution in [3.8, 4) is 5.75 Å². The number of halogens is 1. The maximum absolute atomic E-state index is 13.7. The van der Waals surface area contributed by atoms with Crippen LogP contribution >= 0.6 is 0 Å². The van der Waals surface area contributed by atoms with Gasteiger partial charge in [0.2, 0.25) is 11.8 Å². The number of amides is 2. The van der Waals surface area contributed by atoms with E-state index in [9.17, 15) is 18.8 Å². The summed E-state index contributed by atoms with van der Waals surface area (Å²) in [5.41, 5.74) is 0.306. The largest absolute Gasteiger partial charge is 0.423 e. The van der Waals surface area contributed by atoms with E-state index < -0.39 is 11.8 Å². The van der Waals surface area contributed by atoms with Crippen molar-refractivity contribution in [1.29, 1.82) is 0 Å². The maximum Gasteiger partial charge on any atom is 0.346 e. The lowest BCUT2D eigenvalue weighted by Gasteiger charge is -2.19. The molecule has 0 bridgehead atoms. The highest BCUT2D eigenvalue weighted by atomic mass is 19.1. The van der Waals surface area contributed by atoms with E-state index in [1.165, 1.54) is 35.2 Å². The van der Waals surface area contributed by atoms with Crippen LogP contribution in [0.3, 0.4) is 0 Å². The minimum absolute atomic E-state index is 0.152. The summed E-state index contributed by atoms with van der Waals surface area (Å²) >= 11 is 0. The summed E-state index contributed by atoms with van der Waals surface area (Å²) in [5.74, 6) is -1.99. The number of ether oxygens (including phenoxy) is 1. The average Bonchev–Trinajstić information content (AvgIpc) is 2.94. The second-order valence-corrected chi connectivity index (χ2v) is 6.87. The van der Waals surface area contributed by atoms with Crippen LogP contribution in [0.4, 0.5) is 10.1 Å². The van der Waals surface area contributed by atoms with E-state index in [0.717, 1.165) is 25.7 Å². The SMILES string of the molecule is O=C(Oc1ccc(N2C(=O)[C@H]3CCCC[C@H]3C2=O)cc1)c1ccccc1F. The lowest BCUT2D eigenvalue weighted by Crippen LogP contribution is -2.30. The van der Waals surface area contributed by atoms with Gasteiger partial charge in [-0.2, -0.15) is 0 Å². The summed E-state index contributed by atoms with van der Waals surface area (Å²) in [5, 5.41) is 0. The summed E-state index contributed by atoms with van der Waals surface area (Å²) in [7, 11) is 0.